The fourth-order valence-electron chi connectivity index (χ4n) is 5.40. The average Bonchev–Trinajstić information content (AvgIpc) is 3.36. The Labute approximate surface area is 199 Å². The number of hydrogen-bond acceptors (Lipinski definition) is 8. The van der Waals surface area contributed by atoms with Crippen LogP contribution in [0.5, 0.6) is 0 Å². The van der Waals surface area contributed by atoms with Crippen LogP contribution < -0.4 is 15.5 Å². The molecule has 0 radical (unpaired) electrons. The first-order chi connectivity index (χ1) is 16.8. The van der Waals surface area contributed by atoms with Gasteiger partial charge in [0.25, 0.3) is 5.92 Å². The van der Waals surface area contributed by atoms with E-state index >= 15 is 0 Å². The number of alkyl halides is 2. The van der Waals surface area contributed by atoms with Crippen molar-refractivity contribution in [2.75, 3.05) is 22.9 Å². The van der Waals surface area contributed by atoms with Gasteiger partial charge in [0.1, 0.15) is 5.52 Å². The molecule has 6 rings (SSSR count). The summed E-state index contributed by atoms with van der Waals surface area (Å²) in [6.45, 7) is -0.982. The van der Waals surface area contributed by atoms with Crippen LogP contribution in [0.25, 0.3) is 11.2 Å². The summed E-state index contributed by atoms with van der Waals surface area (Å²) in [6.07, 6.45) is 8.92. The first kappa shape index (κ1) is 21.9. The molecule has 2 aliphatic carbocycles. The van der Waals surface area contributed by atoms with Crippen LogP contribution in [0.4, 0.5) is 20.5 Å². The first-order valence-corrected chi connectivity index (χ1v) is 11.7. The monoisotopic (exact) mass is 482 g/mol. The molecule has 182 valence electrons. The van der Waals surface area contributed by atoms with E-state index in [1.54, 1.807) is 35.0 Å². The van der Waals surface area contributed by atoms with E-state index in [0.717, 1.165) is 0 Å². The van der Waals surface area contributed by atoms with E-state index < -0.39 is 19.0 Å². The van der Waals surface area contributed by atoms with Gasteiger partial charge in [-0.2, -0.15) is 15.2 Å². The lowest BCUT2D eigenvalue weighted by molar-refractivity contribution is -0.0265. The standard InChI is InChI=1S/C23H24F2N8O2/c1-30-18-19(31-10-23(24,25)11-31)28-21(32-12-27-16-7-2-13(9-26)8-17(16)32)29-20(18)33(22(30)35)14-3-5-15(34)6-4-14/h2,7-8,12,14-17,34H,3-6,10-11H2,1H3. The van der Waals surface area contributed by atoms with Crippen molar-refractivity contribution in [3.8, 4) is 6.07 Å². The lowest BCUT2D eigenvalue weighted by Gasteiger charge is -2.40. The van der Waals surface area contributed by atoms with Gasteiger partial charge in [-0.3, -0.25) is 19.0 Å². The highest BCUT2D eigenvalue weighted by molar-refractivity contribution is 5.89. The third-order valence-electron chi connectivity index (χ3n) is 7.28. The molecule has 2 unspecified atom stereocenters. The minimum absolute atomic E-state index is 0.161. The Morgan fingerprint density at radius 2 is 1.94 bits per heavy atom. The van der Waals surface area contributed by atoms with Crippen molar-refractivity contribution in [2.24, 2.45) is 12.0 Å². The maximum atomic E-state index is 13.8. The van der Waals surface area contributed by atoms with Gasteiger partial charge in [-0.05, 0) is 37.8 Å². The SMILES string of the molecule is Cn1c(=O)n(C2CCC(O)CC2)c2nc(N3C=NC4C=CC(C#N)=CC43)nc(N3CC(F)(F)C3)c21. The van der Waals surface area contributed by atoms with Crippen molar-refractivity contribution in [2.45, 2.75) is 55.8 Å². The van der Waals surface area contributed by atoms with Crippen LogP contribution in [0, 0.1) is 11.3 Å². The second kappa shape index (κ2) is 7.71. The quantitative estimate of drug-likeness (QED) is 0.708. The third-order valence-corrected chi connectivity index (χ3v) is 7.28. The maximum Gasteiger partial charge on any atom is 0.330 e. The number of imidazole rings is 1. The molecule has 2 aliphatic heterocycles. The Bertz CT molecular complexity index is 1380. The maximum absolute atomic E-state index is 13.8. The Morgan fingerprint density at radius 1 is 1.20 bits per heavy atom. The number of rotatable bonds is 3. The van der Waals surface area contributed by atoms with E-state index in [0.29, 0.717) is 42.4 Å². The van der Waals surface area contributed by atoms with Gasteiger partial charge in [0, 0.05) is 18.7 Å². The van der Waals surface area contributed by atoms with Crippen molar-refractivity contribution in [1.82, 2.24) is 19.1 Å². The van der Waals surface area contributed by atoms with Crippen LogP contribution in [0.3, 0.4) is 0 Å². The molecule has 1 saturated carbocycles. The van der Waals surface area contributed by atoms with E-state index in [1.807, 2.05) is 6.08 Å². The summed E-state index contributed by atoms with van der Waals surface area (Å²) in [7, 11) is 1.60. The summed E-state index contributed by atoms with van der Waals surface area (Å²) in [5.74, 6) is -2.31. The molecule has 35 heavy (non-hydrogen) atoms. The van der Waals surface area contributed by atoms with Gasteiger partial charge in [0.2, 0.25) is 5.95 Å². The number of aliphatic hydroxyl groups excluding tert-OH is 1. The van der Waals surface area contributed by atoms with Crippen molar-refractivity contribution in [3.63, 3.8) is 0 Å². The Kier molecular flexibility index (Phi) is 4.83. The molecule has 0 aromatic carbocycles. The first-order valence-electron chi connectivity index (χ1n) is 11.7. The molecule has 10 nitrogen and oxygen atoms in total. The second-order valence-corrected chi connectivity index (χ2v) is 9.65. The highest BCUT2D eigenvalue weighted by Crippen LogP contribution is 2.38. The number of anilines is 2. The second-order valence-electron chi connectivity index (χ2n) is 9.65. The van der Waals surface area contributed by atoms with Crippen molar-refractivity contribution < 1.29 is 13.9 Å². The number of halogens is 2. The normalized spacial score (nSPS) is 29.2. The fraction of sp³-hybridized carbons (Fsp3) is 0.522. The largest absolute Gasteiger partial charge is 0.393 e. The van der Waals surface area contributed by atoms with Gasteiger partial charge in [0.15, 0.2) is 11.5 Å². The molecule has 2 aromatic rings. The van der Waals surface area contributed by atoms with Crippen molar-refractivity contribution in [3.05, 3.63) is 34.3 Å². The van der Waals surface area contributed by atoms with Gasteiger partial charge < -0.3 is 10.0 Å². The number of aryl methyl sites for hydroxylation is 1. The molecule has 0 spiro atoms. The van der Waals surface area contributed by atoms with Crippen LogP contribution in [0.1, 0.15) is 31.7 Å². The number of hydrogen-bond donors (Lipinski definition) is 1. The molecular formula is C23H24F2N8O2. The summed E-state index contributed by atoms with van der Waals surface area (Å²) < 4.78 is 30.7. The van der Waals surface area contributed by atoms with E-state index in [2.05, 4.69) is 16.0 Å². The van der Waals surface area contributed by atoms with E-state index in [4.69, 9.17) is 4.98 Å². The van der Waals surface area contributed by atoms with Crippen LogP contribution in [0.2, 0.25) is 0 Å². The number of fused-ring (bicyclic) bond motifs is 2. The fourth-order valence-corrected chi connectivity index (χ4v) is 5.40. The third kappa shape index (κ3) is 3.44. The molecule has 2 atom stereocenters. The molecule has 0 amide bonds. The summed E-state index contributed by atoms with van der Waals surface area (Å²) in [6, 6.07) is 1.42. The van der Waals surface area contributed by atoms with Gasteiger partial charge in [-0.25, -0.2) is 13.6 Å². The molecular weight excluding hydrogens is 458 g/mol. The van der Waals surface area contributed by atoms with Crippen LogP contribution >= 0.6 is 0 Å². The number of allylic oxidation sites excluding steroid dienone is 2. The van der Waals surface area contributed by atoms with E-state index in [1.165, 1.54) is 9.47 Å². The smallest absolute Gasteiger partial charge is 0.330 e. The number of nitrogens with zero attached hydrogens (tertiary/aromatic N) is 8. The van der Waals surface area contributed by atoms with Crippen LogP contribution in [0.15, 0.2) is 33.6 Å². The number of aromatic nitrogens is 4. The highest BCUT2D eigenvalue weighted by Gasteiger charge is 2.46. The Hall–Kier alpha value is -3.59. The molecule has 2 aromatic heterocycles. The van der Waals surface area contributed by atoms with Crippen LogP contribution in [-0.4, -0.2) is 67.7 Å². The van der Waals surface area contributed by atoms with Crippen LogP contribution in [-0.2, 0) is 7.05 Å². The van der Waals surface area contributed by atoms with Gasteiger partial charge in [-0.1, -0.05) is 6.08 Å². The van der Waals surface area contributed by atoms with Crippen molar-refractivity contribution >= 4 is 29.3 Å². The lowest BCUT2D eigenvalue weighted by atomic mass is 9.93. The zero-order chi connectivity index (χ0) is 24.5. The van der Waals surface area contributed by atoms with E-state index in [-0.39, 0.29) is 41.7 Å². The minimum atomic E-state index is -2.82. The molecule has 4 aliphatic rings. The van der Waals surface area contributed by atoms with E-state index in [9.17, 15) is 23.9 Å². The Morgan fingerprint density at radius 3 is 2.63 bits per heavy atom. The minimum Gasteiger partial charge on any atom is -0.393 e. The van der Waals surface area contributed by atoms with Gasteiger partial charge in [-0.15, -0.1) is 0 Å². The predicted molar refractivity (Wildman–Crippen MR) is 125 cm³/mol. The summed E-state index contributed by atoms with van der Waals surface area (Å²) >= 11 is 0. The number of aliphatic hydroxyl groups is 1. The molecule has 4 heterocycles. The molecule has 2 fully saturated rings. The highest BCUT2D eigenvalue weighted by atomic mass is 19.3. The summed E-state index contributed by atoms with van der Waals surface area (Å²) in [4.78, 5) is 30.4. The Balaban J connectivity index is 1.51. The zero-order valence-electron chi connectivity index (χ0n) is 19.1. The lowest BCUT2D eigenvalue weighted by Crippen LogP contribution is -2.57. The number of aliphatic imine (C=N–C) groups is 1. The number of nitriles is 1. The topological polar surface area (TPSA) is 116 Å². The zero-order valence-corrected chi connectivity index (χ0v) is 19.1. The molecule has 12 heteroatoms. The summed E-state index contributed by atoms with van der Waals surface area (Å²) in [5.41, 5.74) is 0.982. The molecule has 0 bridgehead atoms. The summed E-state index contributed by atoms with van der Waals surface area (Å²) in [5, 5.41) is 19.3. The van der Waals surface area contributed by atoms with Crippen molar-refractivity contribution in [1.29, 1.82) is 5.26 Å². The van der Waals surface area contributed by atoms with Gasteiger partial charge in [0.05, 0.1) is 43.7 Å². The van der Waals surface area contributed by atoms with Gasteiger partial charge >= 0.3 is 5.69 Å². The average molecular weight is 482 g/mol. The molecule has 1 saturated heterocycles. The predicted octanol–water partition coefficient (Wildman–Crippen LogP) is 1.67. The molecule has 1 N–H and O–H groups in total.